The molecular weight excluding hydrogens is 328 g/mol. The molecule has 4 heteroatoms. The topological polar surface area (TPSA) is 34.4 Å². The van der Waals surface area contributed by atoms with Gasteiger partial charge in [-0.2, -0.15) is 4.99 Å². The quantitative estimate of drug-likeness (QED) is 0.617. The lowest BCUT2D eigenvalue weighted by atomic mass is 9.87. The molecule has 3 aromatic rings. The Labute approximate surface area is 152 Å². The lowest BCUT2D eigenvalue weighted by Gasteiger charge is -2.18. The van der Waals surface area contributed by atoms with Crippen molar-refractivity contribution in [3.63, 3.8) is 0 Å². The molecule has 1 aromatic heterocycles. The molecule has 0 N–H and O–H groups in total. The number of hydrogen-bond acceptors (Lipinski definition) is 2. The lowest BCUT2D eigenvalue weighted by molar-refractivity contribution is 0.0998. The molecule has 0 atom stereocenters. The van der Waals surface area contributed by atoms with E-state index in [-0.39, 0.29) is 11.3 Å². The molecule has 0 radical (unpaired) electrons. The van der Waals surface area contributed by atoms with Crippen molar-refractivity contribution in [3.05, 3.63) is 77.1 Å². The van der Waals surface area contributed by atoms with E-state index < -0.39 is 0 Å². The van der Waals surface area contributed by atoms with E-state index in [0.717, 1.165) is 10.2 Å². The number of para-hydroxylation sites is 1. The largest absolute Gasteiger partial charge is 0.312 e. The molecule has 3 rings (SSSR count). The van der Waals surface area contributed by atoms with Crippen molar-refractivity contribution in [2.75, 3.05) is 0 Å². The van der Waals surface area contributed by atoms with Crippen LogP contribution in [0.4, 0.5) is 0 Å². The van der Waals surface area contributed by atoms with Crippen molar-refractivity contribution in [2.45, 2.75) is 32.7 Å². The van der Waals surface area contributed by atoms with E-state index in [1.54, 1.807) is 0 Å². The van der Waals surface area contributed by atoms with Gasteiger partial charge in [-0.3, -0.25) is 4.79 Å². The molecule has 0 aliphatic rings. The van der Waals surface area contributed by atoms with E-state index in [4.69, 9.17) is 0 Å². The number of hydrogen-bond donors (Lipinski definition) is 0. The monoisotopic (exact) mass is 350 g/mol. The number of benzene rings is 2. The van der Waals surface area contributed by atoms with E-state index in [2.05, 4.69) is 32.3 Å². The molecule has 128 valence electrons. The minimum absolute atomic E-state index is 0.0666. The standard InChI is InChI=1S/C21H22N2OS/c1-5-14-23-17-8-6-7-9-18(17)25-20(23)22-19(24)15-10-12-16(13-11-15)21(2,3)4/h5-13H,1,14H2,2-4H3. The number of nitrogens with zero attached hydrogens (tertiary/aromatic N) is 2. The van der Waals surface area contributed by atoms with Crippen LogP contribution in [0.3, 0.4) is 0 Å². The molecule has 1 heterocycles. The Hall–Kier alpha value is -2.46. The average Bonchev–Trinajstić information content (AvgIpc) is 2.92. The van der Waals surface area contributed by atoms with Gasteiger partial charge in [0.05, 0.1) is 10.2 Å². The van der Waals surface area contributed by atoms with E-state index in [1.807, 2.05) is 59.2 Å². The van der Waals surface area contributed by atoms with Crippen LogP contribution < -0.4 is 4.80 Å². The number of rotatable bonds is 3. The highest BCUT2D eigenvalue weighted by molar-refractivity contribution is 7.16. The normalized spacial score (nSPS) is 12.5. The zero-order valence-corrected chi connectivity index (χ0v) is 15.6. The van der Waals surface area contributed by atoms with Gasteiger partial charge in [0.2, 0.25) is 0 Å². The van der Waals surface area contributed by atoms with Crippen LogP contribution in [0.5, 0.6) is 0 Å². The van der Waals surface area contributed by atoms with Crippen LogP contribution in [0.2, 0.25) is 0 Å². The highest BCUT2D eigenvalue weighted by atomic mass is 32.1. The van der Waals surface area contributed by atoms with Gasteiger partial charge in [0.1, 0.15) is 0 Å². The zero-order valence-electron chi connectivity index (χ0n) is 14.8. The second-order valence-corrected chi connectivity index (χ2v) is 8.01. The molecule has 25 heavy (non-hydrogen) atoms. The summed E-state index contributed by atoms with van der Waals surface area (Å²) in [6.07, 6.45) is 1.82. The number of allylic oxidation sites excluding steroid dienone is 1. The van der Waals surface area contributed by atoms with Crippen LogP contribution in [0, 0.1) is 0 Å². The Balaban J connectivity index is 2.02. The molecular formula is C21H22N2OS. The van der Waals surface area contributed by atoms with Gasteiger partial charge in [0, 0.05) is 12.1 Å². The van der Waals surface area contributed by atoms with Crippen LogP contribution in [0.15, 0.2) is 66.2 Å². The Bertz CT molecular complexity index is 985. The molecule has 0 aliphatic carbocycles. The van der Waals surface area contributed by atoms with E-state index in [0.29, 0.717) is 16.9 Å². The van der Waals surface area contributed by atoms with Crippen LogP contribution in [-0.4, -0.2) is 10.5 Å². The van der Waals surface area contributed by atoms with Crippen LogP contribution in [-0.2, 0) is 12.0 Å². The summed E-state index contributed by atoms with van der Waals surface area (Å²) in [7, 11) is 0. The van der Waals surface area contributed by atoms with Gasteiger partial charge in [-0.15, -0.1) is 6.58 Å². The first-order valence-corrected chi connectivity index (χ1v) is 9.10. The number of aromatic nitrogens is 1. The van der Waals surface area contributed by atoms with Gasteiger partial charge < -0.3 is 4.57 Å². The van der Waals surface area contributed by atoms with Crippen LogP contribution in [0.1, 0.15) is 36.7 Å². The van der Waals surface area contributed by atoms with Gasteiger partial charge in [-0.1, -0.05) is 62.4 Å². The number of carbonyl (C=O) groups is 1. The van der Waals surface area contributed by atoms with Crippen molar-refractivity contribution in [1.29, 1.82) is 0 Å². The fraction of sp³-hybridized carbons (Fsp3) is 0.238. The molecule has 0 spiro atoms. The number of amides is 1. The first-order chi connectivity index (χ1) is 11.9. The summed E-state index contributed by atoms with van der Waals surface area (Å²) < 4.78 is 3.13. The third kappa shape index (κ3) is 3.64. The smallest absolute Gasteiger partial charge is 0.279 e. The number of carbonyl (C=O) groups excluding carboxylic acids is 1. The Morgan fingerprint density at radius 1 is 1.16 bits per heavy atom. The van der Waals surface area contributed by atoms with Crippen molar-refractivity contribution in [1.82, 2.24) is 4.57 Å². The first kappa shape index (κ1) is 17.4. The summed E-state index contributed by atoms with van der Waals surface area (Å²) in [6, 6.07) is 15.8. The molecule has 3 nitrogen and oxygen atoms in total. The molecule has 0 saturated heterocycles. The summed E-state index contributed by atoms with van der Waals surface area (Å²) in [5.41, 5.74) is 2.95. The van der Waals surface area contributed by atoms with Gasteiger partial charge in [-0.25, -0.2) is 0 Å². The molecule has 0 unspecified atom stereocenters. The first-order valence-electron chi connectivity index (χ1n) is 8.29. The van der Waals surface area contributed by atoms with Crippen molar-refractivity contribution >= 4 is 27.5 Å². The Morgan fingerprint density at radius 3 is 2.48 bits per heavy atom. The Morgan fingerprint density at radius 2 is 1.84 bits per heavy atom. The van der Waals surface area contributed by atoms with E-state index in [1.165, 1.54) is 16.9 Å². The maximum Gasteiger partial charge on any atom is 0.279 e. The fourth-order valence-corrected chi connectivity index (χ4v) is 3.71. The second-order valence-electron chi connectivity index (χ2n) is 7.00. The Kier molecular flexibility index (Phi) is 4.73. The van der Waals surface area contributed by atoms with Crippen molar-refractivity contribution in [2.24, 2.45) is 4.99 Å². The average molecular weight is 350 g/mol. The minimum Gasteiger partial charge on any atom is -0.312 e. The fourth-order valence-electron chi connectivity index (χ4n) is 2.68. The zero-order chi connectivity index (χ0) is 18.0. The molecule has 2 aromatic carbocycles. The molecule has 0 aliphatic heterocycles. The van der Waals surface area contributed by atoms with Crippen molar-refractivity contribution < 1.29 is 4.79 Å². The van der Waals surface area contributed by atoms with Gasteiger partial charge >= 0.3 is 0 Å². The number of fused-ring (bicyclic) bond motifs is 1. The summed E-state index contributed by atoms with van der Waals surface area (Å²) in [5.74, 6) is -0.218. The van der Waals surface area contributed by atoms with Gasteiger partial charge in [0.15, 0.2) is 4.80 Å². The third-order valence-corrected chi connectivity index (χ3v) is 5.15. The summed E-state index contributed by atoms with van der Waals surface area (Å²) in [5, 5.41) is 0. The molecule has 0 bridgehead atoms. The summed E-state index contributed by atoms with van der Waals surface area (Å²) >= 11 is 1.52. The highest BCUT2D eigenvalue weighted by Crippen LogP contribution is 2.22. The van der Waals surface area contributed by atoms with Crippen LogP contribution in [0.25, 0.3) is 10.2 Å². The highest BCUT2D eigenvalue weighted by Gasteiger charge is 2.14. The summed E-state index contributed by atoms with van der Waals surface area (Å²) in [6.45, 7) is 10.9. The second kappa shape index (κ2) is 6.81. The molecule has 1 amide bonds. The van der Waals surface area contributed by atoms with Gasteiger partial charge in [0.25, 0.3) is 5.91 Å². The molecule has 0 fully saturated rings. The lowest BCUT2D eigenvalue weighted by Crippen LogP contribution is -2.16. The predicted octanol–water partition coefficient (Wildman–Crippen LogP) is 4.93. The van der Waals surface area contributed by atoms with Crippen molar-refractivity contribution in [3.8, 4) is 0 Å². The predicted molar refractivity (Wildman–Crippen MR) is 105 cm³/mol. The molecule has 0 saturated carbocycles. The van der Waals surface area contributed by atoms with Gasteiger partial charge in [-0.05, 0) is 35.2 Å². The SMILES string of the molecule is C=CCn1c(=NC(=O)c2ccc(C(C)(C)C)cc2)sc2ccccc21. The van der Waals surface area contributed by atoms with E-state index >= 15 is 0 Å². The summed E-state index contributed by atoms with van der Waals surface area (Å²) in [4.78, 5) is 17.7. The van der Waals surface area contributed by atoms with E-state index in [9.17, 15) is 4.79 Å². The number of thiazole rings is 1. The minimum atomic E-state index is -0.218. The maximum atomic E-state index is 12.6. The maximum absolute atomic E-state index is 12.6. The van der Waals surface area contributed by atoms with Crippen LogP contribution >= 0.6 is 11.3 Å². The third-order valence-electron chi connectivity index (χ3n) is 4.09.